The highest BCUT2D eigenvalue weighted by Crippen LogP contribution is 2.24. The molecule has 0 aliphatic carbocycles. The summed E-state index contributed by atoms with van der Waals surface area (Å²) < 4.78 is 5.44. The molecule has 1 fully saturated rings. The van der Waals surface area contributed by atoms with Crippen molar-refractivity contribution in [2.45, 2.75) is 26.2 Å². The molecule has 1 aromatic rings. The SMILES string of the molecule is CC(CC(=O)NCCOc1ncccc1Cl)C1CCNCC1. The Morgan fingerprint density at radius 1 is 1.55 bits per heavy atom. The zero-order valence-corrected chi connectivity index (χ0v) is 13.7. The molecule has 0 saturated carbocycles. The molecule has 0 bridgehead atoms. The summed E-state index contributed by atoms with van der Waals surface area (Å²) in [5.41, 5.74) is 0. The molecular formula is C16H24ClN3O2. The van der Waals surface area contributed by atoms with E-state index >= 15 is 0 Å². The standard InChI is InChI=1S/C16H24ClN3O2/c1-12(13-4-7-18-8-5-13)11-15(21)19-9-10-22-16-14(17)3-2-6-20-16/h2-3,6,12-13,18H,4-5,7-11H2,1H3,(H,19,21). The van der Waals surface area contributed by atoms with E-state index in [0.717, 1.165) is 25.9 Å². The third kappa shape index (κ3) is 5.46. The molecule has 1 aromatic heterocycles. The number of piperidine rings is 1. The molecule has 6 heteroatoms. The first-order valence-electron chi connectivity index (χ1n) is 7.87. The molecule has 1 aliphatic rings. The first kappa shape index (κ1) is 17.0. The van der Waals surface area contributed by atoms with Crippen molar-refractivity contribution in [1.29, 1.82) is 0 Å². The van der Waals surface area contributed by atoms with Gasteiger partial charge in [0.15, 0.2) is 0 Å². The summed E-state index contributed by atoms with van der Waals surface area (Å²) in [6.45, 7) is 5.12. The number of pyridine rings is 1. The maximum Gasteiger partial charge on any atom is 0.232 e. The maximum atomic E-state index is 12.0. The fourth-order valence-electron chi connectivity index (χ4n) is 2.76. The van der Waals surface area contributed by atoms with Gasteiger partial charge in [0.25, 0.3) is 0 Å². The highest BCUT2D eigenvalue weighted by Gasteiger charge is 2.21. The van der Waals surface area contributed by atoms with Crippen LogP contribution in [0.5, 0.6) is 5.88 Å². The molecule has 0 radical (unpaired) electrons. The van der Waals surface area contributed by atoms with Gasteiger partial charge in [-0.25, -0.2) is 4.98 Å². The Hall–Kier alpha value is -1.33. The van der Waals surface area contributed by atoms with Crippen molar-refractivity contribution in [2.24, 2.45) is 11.8 Å². The summed E-state index contributed by atoms with van der Waals surface area (Å²) in [7, 11) is 0. The monoisotopic (exact) mass is 325 g/mol. The van der Waals surface area contributed by atoms with Gasteiger partial charge in [0.1, 0.15) is 11.6 Å². The number of halogens is 1. The Kier molecular flexibility index (Phi) is 6.93. The van der Waals surface area contributed by atoms with Gasteiger partial charge in [-0.15, -0.1) is 0 Å². The van der Waals surface area contributed by atoms with E-state index in [2.05, 4.69) is 22.5 Å². The van der Waals surface area contributed by atoms with E-state index < -0.39 is 0 Å². The van der Waals surface area contributed by atoms with E-state index in [0.29, 0.717) is 42.3 Å². The van der Waals surface area contributed by atoms with Crippen LogP contribution in [-0.4, -0.2) is 37.1 Å². The van der Waals surface area contributed by atoms with Gasteiger partial charge in [-0.1, -0.05) is 18.5 Å². The van der Waals surface area contributed by atoms with Gasteiger partial charge in [0.2, 0.25) is 11.8 Å². The third-order valence-electron chi connectivity index (χ3n) is 4.08. The van der Waals surface area contributed by atoms with Crippen LogP contribution in [0, 0.1) is 11.8 Å². The predicted octanol–water partition coefficient (Wildman–Crippen LogP) is 2.26. The second-order valence-corrected chi connectivity index (χ2v) is 6.16. The largest absolute Gasteiger partial charge is 0.475 e. The van der Waals surface area contributed by atoms with E-state index in [4.69, 9.17) is 16.3 Å². The van der Waals surface area contributed by atoms with Crippen molar-refractivity contribution in [1.82, 2.24) is 15.6 Å². The fourth-order valence-corrected chi connectivity index (χ4v) is 2.94. The zero-order valence-electron chi connectivity index (χ0n) is 13.0. The number of carbonyl (C=O) groups excluding carboxylic acids is 1. The summed E-state index contributed by atoms with van der Waals surface area (Å²) in [6, 6.07) is 3.47. The Labute approximate surface area is 136 Å². The first-order chi connectivity index (χ1) is 10.7. The number of nitrogens with zero attached hydrogens (tertiary/aromatic N) is 1. The molecule has 1 amide bonds. The van der Waals surface area contributed by atoms with E-state index in [1.807, 2.05) is 0 Å². The normalized spacial score (nSPS) is 17.0. The lowest BCUT2D eigenvalue weighted by atomic mass is 9.84. The Balaban J connectivity index is 1.62. The molecule has 122 valence electrons. The lowest BCUT2D eigenvalue weighted by Gasteiger charge is -2.27. The second kappa shape index (κ2) is 8.96. The van der Waals surface area contributed by atoms with Crippen LogP contribution in [0.1, 0.15) is 26.2 Å². The number of nitrogens with one attached hydrogen (secondary N) is 2. The van der Waals surface area contributed by atoms with Crippen LogP contribution in [0.3, 0.4) is 0 Å². The van der Waals surface area contributed by atoms with Crippen LogP contribution >= 0.6 is 11.6 Å². The lowest BCUT2D eigenvalue weighted by Crippen LogP contribution is -2.34. The van der Waals surface area contributed by atoms with Crippen molar-refractivity contribution >= 4 is 17.5 Å². The highest BCUT2D eigenvalue weighted by molar-refractivity contribution is 6.31. The molecule has 1 unspecified atom stereocenters. The Morgan fingerprint density at radius 3 is 3.05 bits per heavy atom. The number of amides is 1. The van der Waals surface area contributed by atoms with Crippen molar-refractivity contribution in [2.75, 3.05) is 26.2 Å². The van der Waals surface area contributed by atoms with Crippen LogP contribution in [-0.2, 0) is 4.79 Å². The van der Waals surface area contributed by atoms with Crippen molar-refractivity contribution in [3.8, 4) is 5.88 Å². The van der Waals surface area contributed by atoms with E-state index in [9.17, 15) is 4.79 Å². The van der Waals surface area contributed by atoms with Gasteiger partial charge < -0.3 is 15.4 Å². The number of ether oxygens (including phenoxy) is 1. The van der Waals surface area contributed by atoms with Crippen LogP contribution in [0.4, 0.5) is 0 Å². The molecule has 1 saturated heterocycles. The average Bonchev–Trinajstić information content (AvgIpc) is 2.54. The fraction of sp³-hybridized carbons (Fsp3) is 0.625. The Morgan fingerprint density at radius 2 is 2.32 bits per heavy atom. The topological polar surface area (TPSA) is 63.2 Å². The summed E-state index contributed by atoms with van der Waals surface area (Å²) in [5, 5.41) is 6.72. The lowest BCUT2D eigenvalue weighted by molar-refractivity contribution is -0.122. The van der Waals surface area contributed by atoms with Gasteiger partial charge in [-0.2, -0.15) is 0 Å². The molecular weight excluding hydrogens is 302 g/mol. The first-order valence-corrected chi connectivity index (χ1v) is 8.25. The molecule has 1 aliphatic heterocycles. The zero-order chi connectivity index (χ0) is 15.8. The van der Waals surface area contributed by atoms with Gasteiger partial charge >= 0.3 is 0 Å². The molecule has 2 rings (SSSR count). The van der Waals surface area contributed by atoms with Gasteiger partial charge in [0.05, 0.1) is 6.54 Å². The summed E-state index contributed by atoms with van der Waals surface area (Å²) in [5.74, 6) is 1.56. The molecule has 1 atom stereocenters. The average molecular weight is 326 g/mol. The molecule has 0 spiro atoms. The van der Waals surface area contributed by atoms with Crippen LogP contribution < -0.4 is 15.4 Å². The summed E-state index contributed by atoms with van der Waals surface area (Å²) in [4.78, 5) is 16.0. The number of aromatic nitrogens is 1. The molecule has 2 N–H and O–H groups in total. The third-order valence-corrected chi connectivity index (χ3v) is 4.37. The minimum absolute atomic E-state index is 0.0850. The van der Waals surface area contributed by atoms with E-state index in [1.54, 1.807) is 18.3 Å². The molecule has 2 heterocycles. The molecule has 0 aromatic carbocycles. The van der Waals surface area contributed by atoms with Gasteiger partial charge in [-0.05, 0) is 49.9 Å². The van der Waals surface area contributed by atoms with Crippen molar-refractivity contribution in [3.63, 3.8) is 0 Å². The molecule has 5 nitrogen and oxygen atoms in total. The Bertz CT molecular complexity index is 478. The van der Waals surface area contributed by atoms with Gasteiger partial charge in [-0.3, -0.25) is 4.79 Å². The number of hydrogen-bond acceptors (Lipinski definition) is 4. The van der Waals surface area contributed by atoms with Gasteiger partial charge in [0, 0.05) is 12.6 Å². The number of rotatable bonds is 7. The van der Waals surface area contributed by atoms with Crippen LogP contribution in [0.2, 0.25) is 5.02 Å². The van der Waals surface area contributed by atoms with Crippen molar-refractivity contribution in [3.05, 3.63) is 23.4 Å². The predicted molar refractivity (Wildman–Crippen MR) is 87.1 cm³/mol. The van der Waals surface area contributed by atoms with Crippen LogP contribution in [0.15, 0.2) is 18.3 Å². The maximum absolute atomic E-state index is 12.0. The molecule has 22 heavy (non-hydrogen) atoms. The van der Waals surface area contributed by atoms with Crippen LogP contribution in [0.25, 0.3) is 0 Å². The summed E-state index contributed by atoms with van der Waals surface area (Å²) >= 11 is 5.94. The smallest absolute Gasteiger partial charge is 0.232 e. The highest BCUT2D eigenvalue weighted by atomic mass is 35.5. The van der Waals surface area contributed by atoms with E-state index in [-0.39, 0.29) is 5.91 Å². The second-order valence-electron chi connectivity index (χ2n) is 5.76. The quantitative estimate of drug-likeness (QED) is 0.755. The minimum Gasteiger partial charge on any atom is -0.475 e. The minimum atomic E-state index is 0.0850. The van der Waals surface area contributed by atoms with Crippen molar-refractivity contribution < 1.29 is 9.53 Å². The number of carbonyl (C=O) groups is 1. The van der Waals surface area contributed by atoms with E-state index in [1.165, 1.54) is 0 Å². The summed E-state index contributed by atoms with van der Waals surface area (Å²) in [6.07, 6.45) is 4.53. The number of hydrogen-bond donors (Lipinski definition) is 2.